The summed E-state index contributed by atoms with van der Waals surface area (Å²) in [5, 5.41) is 10.3. The van der Waals surface area contributed by atoms with Crippen molar-refractivity contribution in [3.05, 3.63) is 70.8 Å². The molecule has 0 bridgehead atoms. The van der Waals surface area contributed by atoms with Crippen LogP contribution in [0, 0.1) is 11.6 Å². The first-order valence-corrected chi connectivity index (χ1v) is 7.24. The molecule has 0 radical (unpaired) electrons. The second kappa shape index (κ2) is 6.76. The van der Waals surface area contributed by atoms with Crippen LogP contribution in [0.3, 0.4) is 0 Å². The Morgan fingerprint density at radius 2 is 1.83 bits per heavy atom. The third-order valence-corrected chi connectivity index (χ3v) is 3.45. The van der Waals surface area contributed by atoms with Crippen LogP contribution in [0.25, 0.3) is 10.9 Å². The summed E-state index contributed by atoms with van der Waals surface area (Å²) in [6.07, 6.45) is 0.290. The predicted molar refractivity (Wildman–Crippen MR) is 83.9 cm³/mol. The van der Waals surface area contributed by atoms with Crippen LogP contribution < -0.4 is 10.3 Å². The summed E-state index contributed by atoms with van der Waals surface area (Å²) in [6.45, 7) is -0.0973. The summed E-state index contributed by atoms with van der Waals surface area (Å²) in [7, 11) is 0. The average Bonchev–Trinajstić information content (AvgIpc) is 2.57. The topological polar surface area (TPSA) is 64.4 Å². The second-order valence-electron chi connectivity index (χ2n) is 5.28. The Bertz CT molecular complexity index is 910. The first kappa shape index (κ1) is 16.1. The largest absolute Gasteiger partial charge is 0.491 e. The zero-order valence-corrected chi connectivity index (χ0v) is 12.5. The lowest BCUT2D eigenvalue weighted by atomic mass is 10.2. The van der Waals surface area contributed by atoms with Crippen LogP contribution in [0.15, 0.2) is 53.6 Å². The summed E-state index contributed by atoms with van der Waals surface area (Å²) in [5.41, 5.74) is -0.117. The molecule has 0 amide bonds. The van der Waals surface area contributed by atoms with E-state index in [2.05, 4.69) is 4.98 Å². The monoisotopic (exact) mass is 332 g/mol. The summed E-state index contributed by atoms with van der Waals surface area (Å²) in [5.74, 6) is -0.442. The van der Waals surface area contributed by atoms with Crippen molar-refractivity contribution in [2.45, 2.75) is 12.6 Å². The van der Waals surface area contributed by atoms with E-state index in [0.717, 1.165) is 0 Å². The quantitative estimate of drug-likeness (QED) is 0.777. The number of ether oxygens (including phenoxy) is 1. The zero-order valence-electron chi connectivity index (χ0n) is 12.5. The average molecular weight is 332 g/mol. The van der Waals surface area contributed by atoms with Gasteiger partial charge in [-0.05, 0) is 36.4 Å². The lowest BCUT2D eigenvalue weighted by Crippen LogP contribution is -2.30. The highest BCUT2D eigenvalue weighted by atomic mass is 19.1. The Morgan fingerprint density at radius 1 is 1.12 bits per heavy atom. The van der Waals surface area contributed by atoms with Crippen LogP contribution in [0.1, 0.15) is 0 Å². The van der Waals surface area contributed by atoms with Crippen molar-refractivity contribution in [3.8, 4) is 5.75 Å². The number of fused-ring (bicyclic) bond motifs is 1. The third-order valence-electron chi connectivity index (χ3n) is 3.45. The van der Waals surface area contributed by atoms with Crippen molar-refractivity contribution < 1.29 is 18.6 Å². The molecule has 0 aliphatic rings. The molecule has 3 rings (SSSR count). The van der Waals surface area contributed by atoms with Gasteiger partial charge in [0.1, 0.15) is 30.1 Å². The number of halogens is 2. The molecule has 1 aromatic heterocycles. The molecule has 1 atom stereocenters. The van der Waals surface area contributed by atoms with Gasteiger partial charge in [-0.25, -0.2) is 13.8 Å². The normalized spacial score (nSPS) is 12.3. The molecule has 1 N–H and O–H groups in total. The van der Waals surface area contributed by atoms with Gasteiger partial charge in [-0.1, -0.05) is 0 Å². The van der Waals surface area contributed by atoms with Gasteiger partial charge >= 0.3 is 0 Å². The van der Waals surface area contributed by atoms with E-state index < -0.39 is 11.9 Å². The smallest absolute Gasteiger partial charge is 0.261 e. The van der Waals surface area contributed by atoms with Crippen molar-refractivity contribution in [2.75, 3.05) is 6.61 Å². The van der Waals surface area contributed by atoms with E-state index in [1.165, 1.54) is 53.4 Å². The highest BCUT2D eigenvalue weighted by molar-refractivity contribution is 5.77. The molecule has 0 spiro atoms. The van der Waals surface area contributed by atoms with Crippen molar-refractivity contribution in [3.63, 3.8) is 0 Å². The molecule has 0 unspecified atom stereocenters. The van der Waals surface area contributed by atoms with E-state index in [-0.39, 0.29) is 35.4 Å². The Morgan fingerprint density at radius 3 is 2.58 bits per heavy atom. The molecule has 7 heteroatoms. The van der Waals surface area contributed by atoms with Crippen molar-refractivity contribution in [1.82, 2.24) is 9.55 Å². The molecule has 0 saturated carbocycles. The number of nitrogens with zero attached hydrogens (tertiary/aromatic N) is 2. The molecule has 124 valence electrons. The SMILES string of the molecule is O=c1c2ccc(F)cc2ncn1C[C@@H](O)COc1ccc(F)cc1. The first-order chi connectivity index (χ1) is 11.5. The number of aromatic nitrogens is 2. The van der Waals surface area contributed by atoms with Gasteiger partial charge in [0.2, 0.25) is 0 Å². The summed E-state index contributed by atoms with van der Waals surface area (Å²) in [6, 6.07) is 9.11. The zero-order chi connectivity index (χ0) is 17.1. The van der Waals surface area contributed by atoms with Crippen LogP contribution in [0.4, 0.5) is 8.78 Å². The van der Waals surface area contributed by atoms with Gasteiger partial charge in [-0.15, -0.1) is 0 Å². The molecule has 0 saturated heterocycles. The summed E-state index contributed by atoms with van der Waals surface area (Å²) >= 11 is 0. The Hall–Kier alpha value is -2.80. The Labute approximate surface area is 135 Å². The Balaban J connectivity index is 1.70. The van der Waals surface area contributed by atoms with Gasteiger partial charge in [-0.3, -0.25) is 9.36 Å². The highest BCUT2D eigenvalue weighted by Crippen LogP contribution is 2.12. The van der Waals surface area contributed by atoms with Gasteiger partial charge < -0.3 is 9.84 Å². The molecule has 0 aliphatic heterocycles. The predicted octanol–water partition coefficient (Wildman–Crippen LogP) is 2.11. The lowest BCUT2D eigenvalue weighted by molar-refractivity contribution is 0.0914. The summed E-state index contributed by atoms with van der Waals surface area (Å²) in [4.78, 5) is 16.3. The van der Waals surface area contributed by atoms with Crippen molar-refractivity contribution >= 4 is 10.9 Å². The van der Waals surface area contributed by atoms with E-state index in [0.29, 0.717) is 5.75 Å². The number of hydrogen-bond acceptors (Lipinski definition) is 4. The molecule has 0 fully saturated rings. The number of aliphatic hydroxyl groups excluding tert-OH is 1. The molecule has 1 heterocycles. The Kier molecular flexibility index (Phi) is 4.52. The number of benzene rings is 2. The standard InChI is InChI=1S/C17H14F2N2O3/c18-11-1-4-14(5-2-11)24-9-13(22)8-21-10-20-16-7-12(19)3-6-15(16)17(21)23/h1-7,10,13,22H,8-9H2/t13-/m1/s1. The van der Waals surface area contributed by atoms with Crippen LogP contribution in [-0.2, 0) is 6.54 Å². The van der Waals surface area contributed by atoms with E-state index in [1.807, 2.05) is 0 Å². The lowest BCUT2D eigenvalue weighted by Gasteiger charge is -2.14. The minimum atomic E-state index is -0.965. The maximum atomic E-state index is 13.1. The molecule has 5 nitrogen and oxygen atoms in total. The molecular weight excluding hydrogens is 318 g/mol. The van der Waals surface area contributed by atoms with E-state index in [9.17, 15) is 18.7 Å². The minimum absolute atomic E-state index is 0.0274. The molecule has 0 aliphatic carbocycles. The fraction of sp³-hybridized carbons (Fsp3) is 0.176. The third kappa shape index (κ3) is 3.57. The fourth-order valence-electron chi connectivity index (χ4n) is 2.26. The van der Waals surface area contributed by atoms with Crippen LogP contribution in [0.2, 0.25) is 0 Å². The highest BCUT2D eigenvalue weighted by Gasteiger charge is 2.11. The maximum Gasteiger partial charge on any atom is 0.261 e. The van der Waals surface area contributed by atoms with Crippen LogP contribution in [-0.4, -0.2) is 27.4 Å². The fourth-order valence-corrected chi connectivity index (χ4v) is 2.26. The first-order valence-electron chi connectivity index (χ1n) is 7.24. The molecule has 3 aromatic rings. The summed E-state index contributed by atoms with van der Waals surface area (Å²) < 4.78 is 32.5. The molecule has 24 heavy (non-hydrogen) atoms. The minimum Gasteiger partial charge on any atom is -0.491 e. The van der Waals surface area contributed by atoms with Crippen LogP contribution >= 0.6 is 0 Å². The van der Waals surface area contributed by atoms with E-state index in [4.69, 9.17) is 4.74 Å². The van der Waals surface area contributed by atoms with Crippen LogP contribution in [0.5, 0.6) is 5.75 Å². The second-order valence-corrected chi connectivity index (χ2v) is 5.28. The maximum absolute atomic E-state index is 13.1. The number of hydrogen-bond donors (Lipinski definition) is 1. The van der Waals surface area contributed by atoms with Crippen molar-refractivity contribution in [2.24, 2.45) is 0 Å². The van der Waals surface area contributed by atoms with Crippen molar-refractivity contribution in [1.29, 1.82) is 0 Å². The number of aliphatic hydroxyl groups is 1. The molecule has 2 aromatic carbocycles. The van der Waals surface area contributed by atoms with Gasteiger partial charge in [0, 0.05) is 6.07 Å². The van der Waals surface area contributed by atoms with E-state index >= 15 is 0 Å². The molecular formula is C17H14F2N2O3. The van der Waals surface area contributed by atoms with E-state index in [1.54, 1.807) is 0 Å². The van der Waals surface area contributed by atoms with Gasteiger partial charge in [0.05, 0.1) is 23.8 Å². The van der Waals surface area contributed by atoms with Gasteiger partial charge in [0.25, 0.3) is 5.56 Å². The van der Waals surface area contributed by atoms with Gasteiger partial charge in [0.15, 0.2) is 0 Å². The number of rotatable bonds is 5. The van der Waals surface area contributed by atoms with Gasteiger partial charge in [-0.2, -0.15) is 0 Å².